The average molecular weight is 401 g/mol. The first kappa shape index (κ1) is 22.3. The van der Waals surface area contributed by atoms with E-state index >= 15 is 0 Å². The normalized spacial score (nSPS) is 11.9. The quantitative estimate of drug-likeness (QED) is 0.395. The topological polar surface area (TPSA) is 0 Å². The summed E-state index contributed by atoms with van der Waals surface area (Å²) in [7, 11) is 0.750. The zero-order valence-corrected chi connectivity index (χ0v) is 16.8. The van der Waals surface area contributed by atoms with Crippen LogP contribution in [0, 0.1) is 0 Å². The molecule has 3 rings (SSSR count). The summed E-state index contributed by atoms with van der Waals surface area (Å²) in [5, 5.41) is 2.69. The van der Waals surface area contributed by atoms with Gasteiger partial charge >= 0.3 is 26.2 Å². The maximum atomic E-state index is 2.28. The minimum Gasteiger partial charge on any atom is -1.00 e. The number of hydrogen-bond donors (Lipinski definition) is 0. The molecule has 0 bridgehead atoms. The first-order valence-electron chi connectivity index (χ1n) is 6.09. The van der Waals surface area contributed by atoms with E-state index in [1.165, 1.54) is 16.3 Å². The maximum Gasteiger partial charge on any atom is 3.00 e. The Hall–Kier alpha value is -0.01000. The van der Waals surface area contributed by atoms with Crippen molar-refractivity contribution in [2.75, 3.05) is 0 Å². The van der Waals surface area contributed by atoms with E-state index in [-0.39, 0.29) is 51.0 Å². The zero-order valence-electron chi connectivity index (χ0n) is 11.7. The van der Waals surface area contributed by atoms with Gasteiger partial charge in [-0.2, -0.15) is 6.07 Å². The van der Waals surface area contributed by atoms with Crippen molar-refractivity contribution >= 4 is 20.3 Å². The third kappa shape index (κ3) is 5.77. The Labute approximate surface area is 155 Å². The summed E-state index contributed by atoms with van der Waals surface area (Å²) in [6.45, 7) is 4.42. The van der Waals surface area contributed by atoms with Crippen LogP contribution in [0.5, 0.6) is 0 Å². The summed E-state index contributed by atoms with van der Waals surface area (Å²) in [6, 6.07) is 13.1. The molecule has 0 aromatic heterocycles. The van der Waals surface area contributed by atoms with Crippen LogP contribution in [-0.2, 0) is 26.2 Å². The van der Waals surface area contributed by atoms with Crippen molar-refractivity contribution in [1.29, 1.82) is 0 Å². The van der Waals surface area contributed by atoms with Crippen LogP contribution in [0.15, 0.2) is 60.7 Å². The van der Waals surface area contributed by atoms with E-state index in [1.807, 2.05) is 0 Å². The molecule has 0 saturated heterocycles. The maximum absolute atomic E-state index is 2.28. The largest absolute Gasteiger partial charge is 3.00 e. The summed E-state index contributed by atoms with van der Waals surface area (Å²) in [5.74, 6) is 0.488. The van der Waals surface area contributed by atoms with Crippen LogP contribution in [0.2, 0.25) is 13.1 Å². The fourth-order valence-corrected chi connectivity index (χ4v) is 2.02. The molecule has 1 aliphatic carbocycles. The molecule has 104 valence electrons. The van der Waals surface area contributed by atoms with E-state index in [4.69, 9.17) is 0 Å². The molecule has 0 amide bonds. The predicted octanol–water partition coefficient (Wildman–Crippen LogP) is -1.71. The van der Waals surface area contributed by atoms with Crippen LogP contribution in [0.3, 0.4) is 0 Å². The number of benzene rings is 1. The van der Waals surface area contributed by atoms with E-state index in [0.29, 0.717) is 5.92 Å². The first-order chi connectivity index (χ1) is 8.35. The molecule has 0 aliphatic heterocycles. The Kier molecular flexibility index (Phi) is 13.0. The van der Waals surface area contributed by atoms with Crippen molar-refractivity contribution in [1.82, 2.24) is 0 Å². The van der Waals surface area contributed by atoms with Gasteiger partial charge in [-0.05, 0) is 0 Å². The van der Waals surface area contributed by atoms with Gasteiger partial charge in [0.2, 0.25) is 0 Å². The molecule has 2 aromatic carbocycles. The molecule has 20 heavy (non-hydrogen) atoms. The SMILES string of the molecule is C1=CC(c2cc3ccccc3[cH-]2)C=C1.C[SiH]C.[Cl-].[Cl-].[Zr+3]. The minimum atomic E-state index is 0. The van der Waals surface area contributed by atoms with Gasteiger partial charge in [-0.15, -0.1) is 40.6 Å². The van der Waals surface area contributed by atoms with Gasteiger partial charge in [0.1, 0.15) is 0 Å². The Morgan fingerprint density at radius 2 is 1.55 bits per heavy atom. The fourth-order valence-electron chi connectivity index (χ4n) is 2.02. The van der Waals surface area contributed by atoms with Crippen LogP contribution in [-0.4, -0.2) is 9.52 Å². The summed E-state index contributed by atoms with van der Waals surface area (Å²) < 4.78 is 0. The van der Waals surface area contributed by atoms with Crippen LogP contribution in [0.1, 0.15) is 11.5 Å². The van der Waals surface area contributed by atoms with Gasteiger partial charge in [-0.25, -0.2) is 0 Å². The molecular weight excluding hydrogens is 382 g/mol. The molecule has 0 fully saturated rings. The molecule has 0 saturated carbocycles. The second-order valence-corrected chi connectivity index (χ2v) is 5.45. The molecule has 1 aliphatic rings. The molecule has 0 N–H and O–H groups in total. The van der Waals surface area contributed by atoms with Crippen molar-refractivity contribution in [3.05, 3.63) is 66.3 Å². The Morgan fingerprint density at radius 1 is 1.00 bits per heavy atom. The van der Waals surface area contributed by atoms with Gasteiger partial charge in [0.05, 0.1) is 0 Å². The van der Waals surface area contributed by atoms with Gasteiger partial charge in [0, 0.05) is 15.4 Å². The second-order valence-electron chi connectivity index (χ2n) is 4.29. The molecular formula is C16H18Cl2SiZr. The number of halogens is 2. The van der Waals surface area contributed by atoms with E-state index in [0.717, 1.165) is 9.52 Å². The minimum absolute atomic E-state index is 0. The van der Waals surface area contributed by atoms with E-state index in [2.05, 4.69) is 73.8 Å². The third-order valence-corrected chi connectivity index (χ3v) is 2.77. The van der Waals surface area contributed by atoms with Crippen LogP contribution >= 0.6 is 0 Å². The van der Waals surface area contributed by atoms with Crippen molar-refractivity contribution in [2.45, 2.75) is 19.0 Å². The summed E-state index contributed by atoms with van der Waals surface area (Å²) in [6.07, 6.45) is 8.69. The zero-order chi connectivity index (χ0) is 12.1. The van der Waals surface area contributed by atoms with E-state index < -0.39 is 0 Å². The first-order valence-corrected chi connectivity index (χ1v) is 8.40. The van der Waals surface area contributed by atoms with Gasteiger partial charge in [0.15, 0.2) is 0 Å². The van der Waals surface area contributed by atoms with Crippen molar-refractivity contribution in [3.8, 4) is 0 Å². The van der Waals surface area contributed by atoms with E-state index in [9.17, 15) is 0 Å². The van der Waals surface area contributed by atoms with Crippen molar-refractivity contribution in [2.24, 2.45) is 0 Å². The Balaban J connectivity index is 0. The molecule has 4 heteroatoms. The van der Waals surface area contributed by atoms with Gasteiger partial charge in [-0.3, -0.25) is 0 Å². The monoisotopic (exact) mass is 398 g/mol. The molecule has 0 unspecified atom stereocenters. The Morgan fingerprint density at radius 3 is 2.10 bits per heavy atom. The van der Waals surface area contributed by atoms with Crippen LogP contribution in [0.25, 0.3) is 10.8 Å². The van der Waals surface area contributed by atoms with Gasteiger partial charge in [-0.1, -0.05) is 43.5 Å². The molecule has 2 aromatic rings. The third-order valence-electron chi connectivity index (χ3n) is 2.77. The summed E-state index contributed by atoms with van der Waals surface area (Å²) in [4.78, 5) is 0. The molecule has 2 radical (unpaired) electrons. The van der Waals surface area contributed by atoms with Crippen LogP contribution < -0.4 is 24.8 Å². The van der Waals surface area contributed by atoms with Crippen molar-refractivity contribution in [3.63, 3.8) is 0 Å². The van der Waals surface area contributed by atoms with Gasteiger partial charge in [0.25, 0.3) is 0 Å². The average Bonchev–Trinajstić information content (AvgIpc) is 2.99. The number of allylic oxidation sites excluding steroid dienone is 4. The Bertz CT molecular complexity index is 501. The summed E-state index contributed by atoms with van der Waals surface area (Å²) >= 11 is 0. The fraction of sp³-hybridized carbons (Fsp3) is 0.188. The standard InChI is InChI=1S/C14H11.C2H7Si.2ClH.Zr/c1-2-6-11(5-1)14-9-12-7-3-4-8-13(12)10-14;1-3-2;;;/h1-11H;3H,1-2H3;2*1H;/q-1;;;;+3/p-2. The van der Waals surface area contributed by atoms with E-state index in [1.54, 1.807) is 0 Å². The molecule has 0 nitrogen and oxygen atoms in total. The molecule has 0 spiro atoms. The van der Waals surface area contributed by atoms with Crippen LogP contribution in [0.4, 0.5) is 0 Å². The number of fused-ring (bicyclic) bond motifs is 1. The summed E-state index contributed by atoms with van der Waals surface area (Å²) in [5.41, 5.74) is 1.40. The molecule has 0 atom stereocenters. The smallest absolute Gasteiger partial charge is 1.00 e. The number of rotatable bonds is 1. The molecule has 0 heterocycles. The van der Waals surface area contributed by atoms with Crippen molar-refractivity contribution < 1.29 is 51.0 Å². The predicted molar refractivity (Wildman–Crippen MR) is 79.4 cm³/mol. The van der Waals surface area contributed by atoms with Gasteiger partial charge < -0.3 is 24.8 Å². The number of hydrogen-bond acceptors (Lipinski definition) is 0. The second kappa shape index (κ2) is 11.6.